The fourth-order valence-corrected chi connectivity index (χ4v) is 2.98. The number of halogens is 5. The topological polar surface area (TPSA) is 12.0 Å². The maximum atomic E-state index is 14.0. The Balaban J connectivity index is 2.38. The molecule has 1 atom stereocenters. The van der Waals surface area contributed by atoms with Crippen molar-refractivity contribution in [3.8, 4) is 0 Å². The minimum absolute atomic E-state index is 0.0379. The SMILES string of the molecule is CNC(Cc1c(F)ccc(Br)c1F)c1cc(F)cc(Br)c1. The summed E-state index contributed by atoms with van der Waals surface area (Å²) in [5.41, 5.74) is 0.576. The van der Waals surface area contributed by atoms with Gasteiger partial charge >= 0.3 is 0 Å². The smallest absolute Gasteiger partial charge is 0.143 e. The van der Waals surface area contributed by atoms with Crippen LogP contribution in [0.2, 0.25) is 0 Å². The van der Waals surface area contributed by atoms with Crippen LogP contribution in [0.3, 0.4) is 0 Å². The maximum Gasteiger partial charge on any atom is 0.143 e. The highest BCUT2D eigenvalue weighted by Crippen LogP contribution is 2.28. The molecule has 1 nitrogen and oxygen atoms in total. The molecule has 6 heteroatoms. The van der Waals surface area contributed by atoms with E-state index in [2.05, 4.69) is 37.2 Å². The summed E-state index contributed by atoms with van der Waals surface area (Å²) in [6.45, 7) is 0. The molecular formula is C15H12Br2F3N. The van der Waals surface area contributed by atoms with Crippen LogP contribution in [0.5, 0.6) is 0 Å². The predicted octanol–water partition coefficient (Wildman–Crippen LogP) is 5.13. The zero-order valence-electron chi connectivity index (χ0n) is 11.1. The van der Waals surface area contributed by atoms with Crippen LogP contribution in [0.1, 0.15) is 17.2 Å². The van der Waals surface area contributed by atoms with E-state index in [-0.39, 0.29) is 16.5 Å². The highest BCUT2D eigenvalue weighted by atomic mass is 79.9. The van der Waals surface area contributed by atoms with Gasteiger partial charge in [0.1, 0.15) is 17.5 Å². The van der Waals surface area contributed by atoms with Gasteiger partial charge in [0.05, 0.1) is 4.47 Å². The molecule has 0 amide bonds. The zero-order valence-corrected chi connectivity index (χ0v) is 14.2. The Morgan fingerprint density at radius 3 is 2.43 bits per heavy atom. The van der Waals surface area contributed by atoms with Crippen LogP contribution in [0.4, 0.5) is 13.2 Å². The van der Waals surface area contributed by atoms with Crippen LogP contribution >= 0.6 is 31.9 Å². The van der Waals surface area contributed by atoms with E-state index in [4.69, 9.17) is 0 Å². The largest absolute Gasteiger partial charge is 0.313 e. The number of hydrogen-bond donors (Lipinski definition) is 1. The van der Waals surface area contributed by atoms with Crippen LogP contribution < -0.4 is 5.32 Å². The fraction of sp³-hybridized carbons (Fsp3) is 0.200. The zero-order chi connectivity index (χ0) is 15.6. The molecule has 0 aliphatic rings. The molecule has 1 N–H and O–H groups in total. The third kappa shape index (κ3) is 3.87. The first-order chi connectivity index (χ1) is 9.92. The van der Waals surface area contributed by atoms with Crippen molar-refractivity contribution in [2.45, 2.75) is 12.5 Å². The Bertz CT molecular complexity index is 641. The molecule has 2 aromatic carbocycles. The minimum Gasteiger partial charge on any atom is -0.313 e. The lowest BCUT2D eigenvalue weighted by atomic mass is 9.98. The van der Waals surface area contributed by atoms with Gasteiger partial charge in [-0.15, -0.1) is 0 Å². The first-order valence-corrected chi connectivity index (χ1v) is 7.76. The Labute approximate surface area is 137 Å². The summed E-state index contributed by atoms with van der Waals surface area (Å²) in [6.07, 6.45) is 0.0729. The summed E-state index contributed by atoms with van der Waals surface area (Å²) in [7, 11) is 1.66. The van der Waals surface area contributed by atoms with E-state index in [9.17, 15) is 13.2 Å². The van der Waals surface area contributed by atoms with Gasteiger partial charge < -0.3 is 5.32 Å². The number of likely N-dealkylation sites (N-methyl/N-ethyl adjacent to an activating group) is 1. The van der Waals surface area contributed by atoms with Gasteiger partial charge in [-0.25, -0.2) is 13.2 Å². The third-order valence-corrected chi connectivity index (χ3v) is 4.25. The fourth-order valence-electron chi connectivity index (χ4n) is 2.12. The van der Waals surface area contributed by atoms with Crippen LogP contribution in [0, 0.1) is 17.5 Å². The van der Waals surface area contributed by atoms with Gasteiger partial charge in [0, 0.05) is 16.1 Å². The van der Waals surface area contributed by atoms with Crippen molar-refractivity contribution < 1.29 is 13.2 Å². The van der Waals surface area contributed by atoms with E-state index in [1.807, 2.05) is 0 Å². The Morgan fingerprint density at radius 2 is 1.81 bits per heavy atom. The summed E-state index contributed by atoms with van der Waals surface area (Å²) < 4.78 is 42.1. The molecular weight excluding hydrogens is 411 g/mol. The molecule has 2 rings (SSSR count). The summed E-state index contributed by atoms with van der Waals surface area (Å²) in [5, 5.41) is 2.96. The Kier molecular flexibility index (Phi) is 5.46. The monoisotopic (exact) mass is 421 g/mol. The lowest BCUT2D eigenvalue weighted by molar-refractivity contribution is 0.510. The summed E-state index contributed by atoms with van der Waals surface area (Å²) >= 11 is 6.25. The molecule has 1 unspecified atom stereocenters. The molecule has 2 aromatic rings. The first-order valence-electron chi connectivity index (χ1n) is 6.18. The molecule has 0 spiro atoms. The van der Waals surface area contributed by atoms with E-state index < -0.39 is 23.5 Å². The molecule has 21 heavy (non-hydrogen) atoms. The van der Waals surface area contributed by atoms with Crippen molar-refractivity contribution in [3.05, 3.63) is 67.9 Å². The predicted molar refractivity (Wildman–Crippen MR) is 83.7 cm³/mol. The van der Waals surface area contributed by atoms with E-state index >= 15 is 0 Å². The lowest BCUT2D eigenvalue weighted by Gasteiger charge is -2.18. The number of rotatable bonds is 4. The number of nitrogens with one attached hydrogen (secondary N) is 1. The molecule has 0 aromatic heterocycles. The minimum atomic E-state index is -0.634. The third-order valence-electron chi connectivity index (χ3n) is 3.18. The van der Waals surface area contributed by atoms with Gasteiger partial charge in [0.15, 0.2) is 0 Å². The van der Waals surface area contributed by atoms with E-state index in [1.165, 1.54) is 24.3 Å². The molecule has 0 aliphatic carbocycles. The van der Waals surface area contributed by atoms with Crippen LogP contribution in [-0.4, -0.2) is 7.05 Å². The van der Waals surface area contributed by atoms with E-state index in [0.717, 1.165) is 0 Å². The quantitative estimate of drug-likeness (QED) is 0.673. The number of benzene rings is 2. The summed E-state index contributed by atoms with van der Waals surface area (Å²) in [5.74, 6) is -1.66. The molecule has 0 radical (unpaired) electrons. The van der Waals surface area contributed by atoms with Crippen LogP contribution in [0.15, 0.2) is 39.3 Å². The van der Waals surface area contributed by atoms with Crippen molar-refractivity contribution in [2.24, 2.45) is 0 Å². The second-order valence-electron chi connectivity index (χ2n) is 4.57. The second kappa shape index (κ2) is 6.94. The molecule has 112 valence electrons. The Hall–Kier alpha value is -0.850. The average Bonchev–Trinajstić information content (AvgIpc) is 2.42. The van der Waals surface area contributed by atoms with Crippen molar-refractivity contribution >= 4 is 31.9 Å². The first kappa shape index (κ1) is 16.5. The Morgan fingerprint density at radius 1 is 1.10 bits per heavy atom. The van der Waals surface area contributed by atoms with Crippen molar-refractivity contribution in [1.29, 1.82) is 0 Å². The van der Waals surface area contributed by atoms with Crippen molar-refractivity contribution in [1.82, 2.24) is 5.32 Å². The summed E-state index contributed by atoms with van der Waals surface area (Å²) in [6, 6.07) is 6.52. The molecule has 0 aliphatic heterocycles. The highest BCUT2D eigenvalue weighted by Gasteiger charge is 2.19. The molecule has 0 fully saturated rings. The van der Waals surface area contributed by atoms with Gasteiger partial charge in [-0.1, -0.05) is 15.9 Å². The standard InChI is InChI=1S/C15H12Br2F3N/c1-21-14(8-4-9(16)6-10(18)5-8)7-11-13(19)3-2-12(17)15(11)20/h2-6,14,21H,7H2,1H3. The second-order valence-corrected chi connectivity index (χ2v) is 6.34. The van der Waals surface area contributed by atoms with Crippen LogP contribution in [0.25, 0.3) is 0 Å². The average molecular weight is 423 g/mol. The highest BCUT2D eigenvalue weighted by molar-refractivity contribution is 9.10. The molecule has 0 heterocycles. The van der Waals surface area contributed by atoms with Crippen LogP contribution in [-0.2, 0) is 6.42 Å². The summed E-state index contributed by atoms with van der Waals surface area (Å²) in [4.78, 5) is 0. The number of hydrogen-bond acceptors (Lipinski definition) is 1. The van der Waals surface area contributed by atoms with E-state index in [1.54, 1.807) is 13.1 Å². The maximum absolute atomic E-state index is 14.0. The van der Waals surface area contributed by atoms with Crippen molar-refractivity contribution in [2.75, 3.05) is 7.05 Å². The van der Waals surface area contributed by atoms with Gasteiger partial charge in [-0.05, 0) is 65.3 Å². The normalized spacial score (nSPS) is 12.5. The van der Waals surface area contributed by atoms with Gasteiger partial charge in [-0.3, -0.25) is 0 Å². The van der Waals surface area contributed by atoms with Crippen molar-refractivity contribution in [3.63, 3.8) is 0 Å². The van der Waals surface area contributed by atoms with Gasteiger partial charge in [0.25, 0.3) is 0 Å². The van der Waals surface area contributed by atoms with E-state index in [0.29, 0.717) is 10.0 Å². The molecule has 0 saturated heterocycles. The molecule has 0 saturated carbocycles. The van der Waals surface area contributed by atoms with Gasteiger partial charge in [0.2, 0.25) is 0 Å². The van der Waals surface area contributed by atoms with Gasteiger partial charge in [-0.2, -0.15) is 0 Å². The molecule has 0 bridgehead atoms. The lowest BCUT2D eigenvalue weighted by Crippen LogP contribution is -2.20.